The normalized spacial score (nSPS) is 30.0. The molecule has 1 saturated heterocycles. The average molecular weight is 420 g/mol. The highest BCUT2D eigenvalue weighted by molar-refractivity contribution is 5.76. The molecule has 2 aliphatic carbocycles. The van der Waals surface area contributed by atoms with Crippen LogP contribution in [0.4, 0.5) is 0 Å². The number of carbonyl (C=O) groups excluding carboxylic acids is 1. The van der Waals surface area contributed by atoms with Crippen LogP contribution in [0.1, 0.15) is 71.1 Å². The minimum absolute atomic E-state index is 0.160. The Labute approximate surface area is 182 Å². The molecule has 5 heteroatoms. The summed E-state index contributed by atoms with van der Waals surface area (Å²) in [4.78, 5) is 14.2. The van der Waals surface area contributed by atoms with Crippen LogP contribution in [0.25, 0.3) is 0 Å². The van der Waals surface area contributed by atoms with Crippen molar-refractivity contribution in [1.29, 1.82) is 0 Å². The van der Waals surface area contributed by atoms with E-state index in [0.29, 0.717) is 31.5 Å². The van der Waals surface area contributed by atoms with Crippen molar-refractivity contribution in [2.45, 2.75) is 83.3 Å². The van der Waals surface area contributed by atoms with Gasteiger partial charge in [0.1, 0.15) is 0 Å². The fraction of sp³-hybridized carbons (Fsp3) is 0.800. The van der Waals surface area contributed by atoms with Gasteiger partial charge in [0.15, 0.2) is 0 Å². The monoisotopic (exact) mass is 419 g/mol. The number of allylic oxidation sites excluding steroid dienone is 2. The second kappa shape index (κ2) is 12.0. The van der Waals surface area contributed by atoms with Gasteiger partial charge in [-0.1, -0.05) is 50.0 Å². The van der Waals surface area contributed by atoms with Crippen molar-refractivity contribution < 1.29 is 19.7 Å². The topological polar surface area (TPSA) is 70.0 Å². The quantitative estimate of drug-likeness (QED) is 0.394. The maximum absolute atomic E-state index is 12.2. The molecule has 0 radical (unpaired) electrons. The lowest BCUT2D eigenvalue weighted by Gasteiger charge is -2.26. The van der Waals surface area contributed by atoms with E-state index in [1.807, 2.05) is 11.0 Å². The molecule has 5 atom stereocenters. The molecule has 3 aliphatic rings. The van der Waals surface area contributed by atoms with E-state index in [4.69, 9.17) is 4.74 Å². The first-order chi connectivity index (χ1) is 14.6. The van der Waals surface area contributed by atoms with Crippen molar-refractivity contribution >= 4 is 5.91 Å². The third-order valence-electron chi connectivity index (χ3n) is 7.11. The fourth-order valence-electron chi connectivity index (χ4n) is 5.35. The Bertz CT molecular complexity index is 596. The first-order valence-corrected chi connectivity index (χ1v) is 12.2. The summed E-state index contributed by atoms with van der Waals surface area (Å²) in [5.41, 5.74) is 1.50. The summed E-state index contributed by atoms with van der Waals surface area (Å²) in [6.07, 6.45) is 15.5. The van der Waals surface area contributed by atoms with Crippen LogP contribution in [0, 0.1) is 17.8 Å². The number of fused-ring (bicyclic) bond motifs is 1. The van der Waals surface area contributed by atoms with Crippen molar-refractivity contribution in [1.82, 2.24) is 4.90 Å². The number of carbonyl (C=O) groups is 1. The van der Waals surface area contributed by atoms with Crippen LogP contribution in [0.15, 0.2) is 23.8 Å². The molecule has 0 aromatic carbocycles. The van der Waals surface area contributed by atoms with Crippen LogP contribution in [0.2, 0.25) is 0 Å². The Kier molecular flexibility index (Phi) is 9.41. The number of hydrogen-bond donors (Lipinski definition) is 2. The molecule has 0 spiro atoms. The molecule has 3 rings (SSSR count). The predicted molar refractivity (Wildman–Crippen MR) is 119 cm³/mol. The minimum atomic E-state index is -0.388. The molecular formula is C25H41NO4. The summed E-state index contributed by atoms with van der Waals surface area (Å²) in [6, 6.07) is 0. The largest absolute Gasteiger partial charge is 0.392 e. The fourth-order valence-corrected chi connectivity index (χ4v) is 5.35. The van der Waals surface area contributed by atoms with Gasteiger partial charge in [0, 0.05) is 25.4 Å². The number of unbranched alkanes of at least 4 members (excludes halogenated alkanes) is 3. The second-order valence-electron chi connectivity index (χ2n) is 9.39. The maximum atomic E-state index is 12.2. The van der Waals surface area contributed by atoms with Crippen molar-refractivity contribution in [3.63, 3.8) is 0 Å². The van der Waals surface area contributed by atoms with E-state index in [1.165, 1.54) is 5.57 Å². The van der Waals surface area contributed by atoms with E-state index in [9.17, 15) is 15.0 Å². The Balaban J connectivity index is 1.37. The third kappa shape index (κ3) is 6.66. The molecule has 170 valence electrons. The molecule has 1 heterocycles. The van der Waals surface area contributed by atoms with Crippen LogP contribution in [0.3, 0.4) is 0 Å². The molecule has 0 unspecified atom stereocenters. The number of ether oxygens (including phenoxy) is 1. The van der Waals surface area contributed by atoms with Gasteiger partial charge in [-0.3, -0.25) is 4.79 Å². The molecule has 30 heavy (non-hydrogen) atoms. The summed E-state index contributed by atoms with van der Waals surface area (Å²) in [6.45, 7) is 4.97. The van der Waals surface area contributed by atoms with Gasteiger partial charge in [0.05, 0.1) is 25.4 Å². The Morgan fingerprint density at radius 3 is 2.83 bits per heavy atom. The molecule has 0 aromatic rings. The highest BCUT2D eigenvalue weighted by Gasteiger charge is 2.43. The number of aliphatic hydroxyl groups is 2. The highest BCUT2D eigenvalue weighted by atomic mass is 16.5. The Hall–Kier alpha value is -1.17. The molecule has 0 aromatic heterocycles. The molecule has 2 N–H and O–H groups in total. The molecule has 5 nitrogen and oxygen atoms in total. The van der Waals surface area contributed by atoms with Gasteiger partial charge < -0.3 is 19.8 Å². The van der Waals surface area contributed by atoms with E-state index in [1.54, 1.807) is 0 Å². The second-order valence-corrected chi connectivity index (χ2v) is 9.39. The number of hydrogen-bond acceptors (Lipinski definition) is 4. The van der Waals surface area contributed by atoms with E-state index >= 15 is 0 Å². The van der Waals surface area contributed by atoms with Crippen LogP contribution in [0.5, 0.6) is 0 Å². The van der Waals surface area contributed by atoms with Crippen LogP contribution in [-0.2, 0) is 9.53 Å². The predicted octanol–water partition coefficient (Wildman–Crippen LogP) is 3.85. The van der Waals surface area contributed by atoms with Crippen molar-refractivity contribution in [2.75, 3.05) is 26.3 Å². The number of morpholine rings is 1. The first kappa shape index (κ1) is 23.5. The smallest absolute Gasteiger partial charge is 0.222 e. The minimum Gasteiger partial charge on any atom is -0.392 e. The number of aliphatic hydroxyl groups excluding tert-OH is 2. The maximum Gasteiger partial charge on any atom is 0.222 e. The van der Waals surface area contributed by atoms with Gasteiger partial charge >= 0.3 is 0 Å². The Morgan fingerprint density at radius 2 is 2.07 bits per heavy atom. The summed E-state index contributed by atoms with van der Waals surface area (Å²) in [5, 5.41) is 20.7. The van der Waals surface area contributed by atoms with E-state index in [2.05, 4.69) is 19.1 Å². The number of nitrogens with zero attached hydrogens (tertiary/aromatic N) is 1. The summed E-state index contributed by atoms with van der Waals surface area (Å²) in [5.74, 6) is 1.37. The summed E-state index contributed by atoms with van der Waals surface area (Å²) < 4.78 is 5.31. The first-order valence-electron chi connectivity index (χ1n) is 12.2. The zero-order valence-corrected chi connectivity index (χ0v) is 18.7. The Morgan fingerprint density at radius 1 is 1.27 bits per heavy atom. The molecule has 1 aliphatic heterocycles. The molecule has 0 bridgehead atoms. The van der Waals surface area contributed by atoms with Crippen LogP contribution >= 0.6 is 0 Å². The van der Waals surface area contributed by atoms with Gasteiger partial charge in [-0.05, 0) is 50.4 Å². The zero-order chi connectivity index (χ0) is 21.3. The molecule has 2 fully saturated rings. The lowest BCUT2D eigenvalue weighted by Crippen LogP contribution is -2.40. The van der Waals surface area contributed by atoms with Gasteiger partial charge in [-0.2, -0.15) is 0 Å². The summed E-state index contributed by atoms with van der Waals surface area (Å²) >= 11 is 0. The molecule has 1 amide bonds. The van der Waals surface area contributed by atoms with Gasteiger partial charge in [0.25, 0.3) is 0 Å². The number of amides is 1. The van der Waals surface area contributed by atoms with Crippen molar-refractivity contribution in [2.24, 2.45) is 17.8 Å². The molecular weight excluding hydrogens is 378 g/mol. The summed E-state index contributed by atoms with van der Waals surface area (Å²) in [7, 11) is 0. The highest BCUT2D eigenvalue weighted by Crippen LogP contribution is 2.48. The molecule has 1 saturated carbocycles. The van der Waals surface area contributed by atoms with E-state index < -0.39 is 0 Å². The standard InChI is InChI=1S/C25H41NO4/c1-2-3-4-8-21(27)10-11-22-23-17-19(16-20(23)18-24(22)28)7-5-6-9-25(29)26-12-14-30-15-13-26/h10-11,16,20-24,27-28H,2-9,12-15,17-18H2,1H3/b11-10+/t20-,21-,22+,23-,24+/m0/s1. The van der Waals surface area contributed by atoms with E-state index in [0.717, 1.165) is 70.9 Å². The lowest BCUT2D eigenvalue weighted by atomic mass is 9.88. The SMILES string of the molecule is CCCCC[C@H](O)/C=C/[C@@H]1[C@H]2CC(CCCCC(=O)N3CCOCC3)=C[C@H]2C[C@H]1O. The number of rotatable bonds is 11. The van der Waals surface area contributed by atoms with Crippen molar-refractivity contribution in [3.8, 4) is 0 Å². The zero-order valence-electron chi connectivity index (χ0n) is 18.7. The van der Waals surface area contributed by atoms with E-state index in [-0.39, 0.29) is 24.0 Å². The van der Waals surface area contributed by atoms with Gasteiger partial charge in [-0.25, -0.2) is 0 Å². The third-order valence-corrected chi connectivity index (χ3v) is 7.11. The van der Waals surface area contributed by atoms with Gasteiger partial charge in [-0.15, -0.1) is 0 Å². The average Bonchev–Trinajstić information content (AvgIpc) is 3.26. The van der Waals surface area contributed by atoms with Gasteiger partial charge in [0.2, 0.25) is 5.91 Å². The lowest BCUT2D eigenvalue weighted by molar-refractivity contribution is -0.135. The van der Waals surface area contributed by atoms with Crippen molar-refractivity contribution in [3.05, 3.63) is 23.8 Å². The van der Waals surface area contributed by atoms with Crippen LogP contribution in [-0.4, -0.2) is 59.5 Å². The van der Waals surface area contributed by atoms with Crippen LogP contribution < -0.4 is 0 Å².